The van der Waals surface area contributed by atoms with Gasteiger partial charge in [0.2, 0.25) is 5.91 Å². The summed E-state index contributed by atoms with van der Waals surface area (Å²) in [4.78, 5) is 11.3. The van der Waals surface area contributed by atoms with Gasteiger partial charge in [0.05, 0.1) is 17.6 Å². The van der Waals surface area contributed by atoms with Crippen LogP contribution in [-0.4, -0.2) is 21.9 Å². The number of aromatic nitrogens is 2. The minimum Gasteiger partial charge on any atom is -0.384 e. The lowest BCUT2D eigenvalue weighted by Gasteiger charge is -2.08. The first-order valence-electron chi connectivity index (χ1n) is 6.75. The van der Waals surface area contributed by atoms with Crippen molar-refractivity contribution in [2.45, 2.75) is 6.42 Å². The van der Waals surface area contributed by atoms with Gasteiger partial charge in [-0.1, -0.05) is 30.3 Å². The zero-order valence-corrected chi connectivity index (χ0v) is 11.8. The molecule has 0 unspecified atom stereocenters. The number of amides is 1. The maximum Gasteiger partial charge on any atom is 0.223 e. The molecule has 3 rings (SSSR count). The van der Waals surface area contributed by atoms with Crippen LogP contribution in [0.25, 0.3) is 22.0 Å². The molecule has 1 amide bonds. The monoisotopic (exact) mass is 293 g/mol. The van der Waals surface area contributed by atoms with E-state index in [1.54, 1.807) is 6.07 Å². The van der Waals surface area contributed by atoms with E-state index < -0.39 is 5.91 Å². The zero-order valence-electron chi connectivity index (χ0n) is 11.8. The molecule has 6 heteroatoms. The molecule has 0 aliphatic heterocycles. The summed E-state index contributed by atoms with van der Waals surface area (Å²) in [6.07, 6.45) is 0.0791. The third-order valence-electron chi connectivity index (χ3n) is 3.48. The molecule has 0 radical (unpaired) electrons. The number of nitrogens with one attached hydrogen (secondary N) is 2. The molecule has 0 saturated carbocycles. The smallest absolute Gasteiger partial charge is 0.223 e. The van der Waals surface area contributed by atoms with Gasteiger partial charge in [-0.05, 0) is 23.3 Å². The number of nitrogens with zero attached hydrogens (tertiary/aromatic N) is 1. The van der Waals surface area contributed by atoms with Crippen LogP contribution >= 0.6 is 0 Å². The van der Waals surface area contributed by atoms with Crippen molar-refractivity contribution in [3.63, 3.8) is 0 Å². The lowest BCUT2D eigenvalue weighted by molar-refractivity contribution is -0.117. The number of fused-ring (bicyclic) bond motifs is 1. The van der Waals surface area contributed by atoms with Gasteiger partial charge in [0.15, 0.2) is 0 Å². The van der Waals surface area contributed by atoms with E-state index in [-0.39, 0.29) is 12.3 Å². The number of H-pyrrole nitrogens is 1. The quantitative estimate of drug-likeness (QED) is 0.431. The summed E-state index contributed by atoms with van der Waals surface area (Å²) in [6.45, 7) is 0. The average molecular weight is 293 g/mol. The second kappa shape index (κ2) is 5.33. The first kappa shape index (κ1) is 13.8. The molecular weight excluding hydrogens is 278 g/mol. The van der Waals surface area contributed by atoms with E-state index in [1.165, 1.54) is 0 Å². The van der Waals surface area contributed by atoms with E-state index in [4.69, 9.17) is 16.9 Å². The third-order valence-corrected chi connectivity index (χ3v) is 3.48. The third kappa shape index (κ3) is 2.42. The fourth-order valence-corrected chi connectivity index (χ4v) is 2.52. The van der Waals surface area contributed by atoms with Crippen LogP contribution in [0.15, 0.2) is 42.5 Å². The number of rotatable bonds is 4. The fourth-order valence-electron chi connectivity index (χ4n) is 2.52. The number of benzene rings is 2. The van der Waals surface area contributed by atoms with Crippen LogP contribution in [0, 0.1) is 5.41 Å². The Labute approximate surface area is 126 Å². The number of carbonyl (C=O) groups excluding carboxylic acids is 1. The number of amidine groups is 1. The highest BCUT2D eigenvalue weighted by Gasteiger charge is 2.15. The molecule has 110 valence electrons. The van der Waals surface area contributed by atoms with Gasteiger partial charge in [-0.2, -0.15) is 5.10 Å². The molecule has 0 atom stereocenters. The lowest BCUT2D eigenvalue weighted by atomic mass is 9.96. The number of primary amides is 1. The van der Waals surface area contributed by atoms with Crippen molar-refractivity contribution >= 4 is 22.6 Å². The molecule has 22 heavy (non-hydrogen) atoms. The van der Waals surface area contributed by atoms with Crippen molar-refractivity contribution in [1.82, 2.24) is 10.2 Å². The number of nitrogen functional groups attached to an aromatic ring is 1. The van der Waals surface area contributed by atoms with Crippen LogP contribution in [0.5, 0.6) is 0 Å². The zero-order chi connectivity index (χ0) is 15.7. The van der Waals surface area contributed by atoms with E-state index in [1.807, 2.05) is 36.4 Å². The van der Waals surface area contributed by atoms with Crippen LogP contribution in [0.3, 0.4) is 0 Å². The average Bonchev–Trinajstić information content (AvgIpc) is 2.89. The Hall–Kier alpha value is -3.15. The summed E-state index contributed by atoms with van der Waals surface area (Å²) in [5.74, 6) is -0.460. The van der Waals surface area contributed by atoms with Gasteiger partial charge >= 0.3 is 0 Å². The molecule has 1 aromatic heterocycles. The maximum atomic E-state index is 11.3. The minimum absolute atomic E-state index is 0.0291. The minimum atomic E-state index is -0.430. The Morgan fingerprint density at radius 3 is 2.55 bits per heavy atom. The van der Waals surface area contributed by atoms with Crippen LogP contribution in [0.1, 0.15) is 11.3 Å². The first-order valence-corrected chi connectivity index (χ1v) is 6.75. The van der Waals surface area contributed by atoms with Crippen LogP contribution in [0.2, 0.25) is 0 Å². The molecule has 0 spiro atoms. The second-order valence-electron chi connectivity index (χ2n) is 5.04. The number of nitrogens with two attached hydrogens (primary N) is 2. The Morgan fingerprint density at radius 2 is 1.91 bits per heavy atom. The van der Waals surface area contributed by atoms with Gasteiger partial charge < -0.3 is 11.5 Å². The van der Waals surface area contributed by atoms with Crippen molar-refractivity contribution in [3.05, 3.63) is 53.7 Å². The van der Waals surface area contributed by atoms with Crippen molar-refractivity contribution < 1.29 is 4.79 Å². The number of hydrogen-bond donors (Lipinski definition) is 4. The van der Waals surface area contributed by atoms with Crippen molar-refractivity contribution in [2.75, 3.05) is 0 Å². The fraction of sp³-hybridized carbons (Fsp3) is 0.0625. The summed E-state index contributed by atoms with van der Waals surface area (Å²) in [7, 11) is 0. The Balaban J connectivity index is 2.32. The van der Waals surface area contributed by atoms with Crippen LogP contribution in [-0.2, 0) is 11.2 Å². The molecule has 3 aromatic rings. The molecule has 2 aromatic carbocycles. The van der Waals surface area contributed by atoms with E-state index in [0.717, 1.165) is 16.5 Å². The number of carbonyl (C=O) groups is 1. The second-order valence-corrected chi connectivity index (χ2v) is 5.04. The highest BCUT2D eigenvalue weighted by Crippen LogP contribution is 2.31. The molecule has 0 saturated heterocycles. The largest absolute Gasteiger partial charge is 0.384 e. The topological polar surface area (TPSA) is 122 Å². The summed E-state index contributed by atoms with van der Waals surface area (Å²) in [5, 5.41) is 15.6. The lowest BCUT2D eigenvalue weighted by Crippen LogP contribution is -2.14. The number of hydrogen-bond acceptors (Lipinski definition) is 3. The highest BCUT2D eigenvalue weighted by molar-refractivity contribution is 6.05. The predicted molar refractivity (Wildman–Crippen MR) is 85.4 cm³/mol. The van der Waals surface area contributed by atoms with Gasteiger partial charge in [0.1, 0.15) is 5.84 Å². The van der Waals surface area contributed by atoms with E-state index in [0.29, 0.717) is 16.8 Å². The predicted octanol–water partition coefficient (Wildman–Crippen LogP) is 1.54. The Morgan fingerprint density at radius 1 is 1.18 bits per heavy atom. The summed E-state index contributed by atoms with van der Waals surface area (Å²) in [6, 6.07) is 13.3. The molecule has 0 fully saturated rings. The molecule has 0 aliphatic carbocycles. The van der Waals surface area contributed by atoms with Gasteiger partial charge in [-0.3, -0.25) is 15.3 Å². The van der Waals surface area contributed by atoms with E-state index in [9.17, 15) is 4.79 Å². The van der Waals surface area contributed by atoms with Gasteiger partial charge in [0, 0.05) is 10.9 Å². The summed E-state index contributed by atoms with van der Waals surface area (Å²) < 4.78 is 0. The molecule has 0 bridgehead atoms. The summed E-state index contributed by atoms with van der Waals surface area (Å²) in [5.41, 5.74) is 14.6. The molecule has 6 nitrogen and oxygen atoms in total. The summed E-state index contributed by atoms with van der Waals surface area (Å²) >= 11 is 0. The van der Waals surface area contributed by atoms with E-state index in [2.05, 4.69) is 10.2 Å². The molecule has 1 heterocycles. The van der Waals surface area contributed by atoms with Gasteiger partial charge in [-0.25, -0.2) is 0 Å². The van der Waals surface area contributed by atoms with Crippen molar-refractivity contribution in [3.8, 4) is 11.1 Å². The highest BCUT2D eigenvalue weighted by atomic mass is 16.1. The normalized spacial score (nSPS) is 10.7. The van der Waals surface area contributed by atoms with Crippen molar-refractivity contribution in [2.24, 2.45) is 11.5 Å². The van der Waals surface area contributed by atoms with Crippen LogP contribution < -0.4 is 11.5 Å². The SMILES string of the molecule is N=C(N)c1cc(-c2ccccc2)c2c(CC(N)=O)[nH]nc2c1. The van der Waals surface area contributed by atoms with Crippen molar-refractivity contribution in [1.29, 1.82) is 5.41 Å². The Kier molecular flexibility index (Phi) is 3.34. The molecule has 0 aliphatic rings. The molecule has 6 N–H and O–H groups in total. The van der Waals surface area contributed by atoms with E-state index >= 15 is 0 Å². The standard InChI is InChI=1S/C16H15N5O/c17-14(22)8-13-15-11(9-4-2-1-3-5-9)6-10(16(18)19)7-12(15)20-21-13/h1-7H,8H2,(H2,17,22)(H3,18,19)(H,20,21). The first-order chi connectivity index (χ1) is 10.6. The van der Waals surface area contributed by atoms with Gasteiger partial charge in [0.25, 0.3) is 0 Å². The molecular formula is C16H15N5O. The number of aromatic amines is 1. The van der Waals surface area contributed by atoms with Gasteiger partial charge in [-0.15, -0.1) is 0 Å². The maximum absolute atomic E-state index is 11.3. The Bertz CT molecular complexity index is 867. The van der Waals surface area contributed by atoms with Crippen LogP contribution in [0.4, 0.5) is 0 Å².